The summed E-state index contributed by atoms with van der Waals surface area (Å²) in [5.41, 5.74) is 0.193. The zero-order valence-electron chi connectivity index (χ0n) is 11.1. The minimum absolute atomic E-state index is 0.0387. The molecule has 0 aliphatic heterocycles. The summed E-state index contributed by atoms with van der Waals surface area (Å²) < 4.78 is 39.6. The van der Waals surface area contributed by atoms with Crippen LogP contribution in [0.5, 0.6) is 5.75 Å². The maximum Gasteiger partial charge on any atom is 0.573 e. The Bertz CT molecular complexity index is 443. The molecule has 0 saturated carbocycles. The van der Waals surface area contributed by atoms with E-state index in [1.807, 2.05) is 13.8 Å². The Morgan fingerprint density at radius 1 is 1.30 bits per heavy atom. The Kier molecular flexibility index (Phi) is 5.38. The van der Waals surface area contributed by atoms with Gasteiger partial charge >= 0.3 is 6.36 Å². The number of carbonyl (C=O) groups excluding carboxylic acids is 1. The lowest BCUT2D eigenvalue weighted by atomic mass is 10.0. The number of aliphatic hydroxyl groups is 1. The molecule has 0 saturated heterocycles. The average molecular weight is 291 g/mol. The third kappa shape index (κ3) is 5.08. The van der Waals surface area contributed by atoms with Crippen LogP contribution in [-0.2, 0) is 0 Å². The van der Waals surface area contributed by atoms with Gasteiger partial charge in [0.1, 0.15) is 5.75 Å². The first-order valence-corrected chi connectivity index (χ1v) is 6.00. The number of alkyl halides is 3. The van der Waals surface area contributed by atoms with Gasteiger partial charge in [-0.15, -0.1) is 13.2 Å². The normalized spacial score (nSPS) is 13.2. The van der Waals surface area contributed by atoms with Crippen molar-refractivity contribution in [3.8, 4) is 5.75 Å². The Morgan fingerprint density at radius 2 is 1.85 bits per heavy atom. The minimum atomic E-state index is -4.76. The van der Waals surface area contributed by atoms with Gasteiger partial charge in [0.05, 0.1) is 12.6 Å². The summed E-state index contributed by atoms with van der Waals surface area (Å²) in [5, 5.41) is 11.7. The van der Waals surface area contributed by atoms with Crippen molar-refractivity contribution < 1.29 is 27.8 Å². The van der Waals surface area contributed by atoms with Gasteiger partial charge in [-0.05, 0) is 30.2 Å². The van der Waals surface area contributed by atoms with Gasteiger partial charge in [-0.1, -0.05) is 13.8 Å². The van der Waals surface area contributed by atoms with Crippen LogP contribution >= 0.6 is 0 Å². The highest BCUT2D eigenvalue weighted by Gasteiger charge is 2.31. The van der Waals surface area contributed by atoms with Crippen molar-refractivity contribution in [2.24, 2.45) is 5.92 Å². The van der Waals surface area contributed by atoms with E-state index in [0.717, 1.165) is 12.1 Å². The maximum absolute atomic E-state index is 12.0. The fourth-order valence-electron chi connectivity index (χ4n) is 1.48. The molecule has 1 rings (SSSR count). The van der Waals surface area contributed by atoms with E-state index in [0.29, 0.717) is 0 Å². The lowest BCUT2D eigenvalue weighted by Gasteiger charge is -2.19. The van der Waals surface area contributed by atoms with Gasteiger partial charge in [-0.2, -0.15) is 0 Å². The van der Waals surface area contributed by atoms with Crippen molar-refractivity contribution in [1.82, 2.24) is 5.32 Å². The number of hydrogen-bond donors (Lipinski definition) is 2. The van der Waals surface area contributed by atoms with Gasteiger partial charge in [0.15, 0.2) is 0 Å². The molecular weight excluding hydrogens is 275 g/mol. The van der Waals surface area contributed by atoms with Crippen molar-refractivity contribution in [3.05, 3.63) is 29.8 Å². The largest absolute Gasteiger partial charge is 0.573 e. The molecule has 0 radical (unpaired) electrons. The molecule has 0 aliphatic carbocycles. The number of rotatable bonds is 5. The highest BCUT2D eigenvalue weighted by atomic mass is 19.4. The summed E-state index contributed by atoms with van der Waals surface area (Å²) in [6.45, 7) is 3.46. The number of benzene rings is 1. The van der Waals surface area contributed by atoms with Crippen molar-refractivity contribution in [2.75, 3.05) is 6.61 Å². The topological polar surface area (TPSA) is 58.6 Å². The van der Waals surface area contributed by atoms with E-state index in [1.165, 1.54) is 12.1 Å². The second-order valence-corrected chi connectivity index (χ2v) is 4.58. The van der Waals surface area contributed by atoms with Gasteiger partial charge in [0.2, 0.25) is 0 Å². The SMILES string of the molecule is CC(C)[C@@H](CO)NC(=O)c1ccc(OC(F)(F)F)cc1. The molecule has 7 heteroatoms. The zero-order chi connectivity index (χ0) is 15.3. The van der Waals surface area contributed by atoms with Crippen LogP contribution in [0.1, 0.15) is 24.2 Å². The quantitative estimate of drug-likeness (QED) is 0.875. The minimum Gasteiger partial charge on any atom is -0.406 e. The van der Waals surface area contributed by atoms with Gasteiger partial charge < -0.3 is 15.2 Å². The summed E-state index contributed by atoms with van der Waals surface area (Å²) in [5.74, 6) is -0.815. The van der Waals surface area contributed by atoms with Crippen LogP contribution in [-0.4, -0.2) is 30.0 Å². The van der Waals surface area contributed by atoms with E-state index in [9.17, 15) is 18.0 Å². The molecular formula is C13H16F3NO3. The number of halogens is 3. The molecule has 1 amide bonds. The molecule has 112 valence electrons. The number of hydrogen-bond acceptors (Lipinski definition) is 3. The van der Waals surface area contributed by atoms with Crippen molar-refractivity contribution in [1.29, 1.82) is 0 Å². The molecule has 1 aromatic rings. The smallest absolute Gasteiger partial charge is 0.406 e. The van der Waals surface area contributed by atoms with Gasteiger partial charge in [-0.3, -0.25) is 4.79 Å². The Balaban J connectivity index is 2.71. The number of carbonyl (C=O) groups is 1. The first-order chi connectivity index (χ1) is 9.23. The van der Waals surface area contributed by atoms with Gasteiger partial charge in [-0.25, -0.2) is 0 Å². The monoisotopic (exact) mass is 291 g/mol. The lowest BCUT2D eigenvalue weighted by Crippen LogP contribution is -2.41. The summed E-state index contributed by atoms with van der Waals surface area (Å²) in [6.07, 6.45) is -4.76. The van der Waals surface area contributed by atoms with Gasteiger partial charge in [0.25, 0.3) is 5.91 Å². The molecule has 1 atom stereocenters. The first kappa shape index (κ1) is 16.3. The van der Waals surface area contributed by atoms with E-state index in [1.54, 1.807) is 0 Å². The molecule has 0 aliphatic rings. The van der Waals surface area contributed by atoms with E-state index >= 15 is 0 Å². The standard InChI is InChI=1S/C13H16F3NO3/c1-8(2)11(7-18)17-12(19)9-3-5-10(6-4-9)20-13(14,15)16/h3-6,8,11,18H,7H2,1-2H3,(H,17,19)/t11-/m1/s1. The molecule has 1 aromatic carbocycles. The molecule has 0 aromatic heterocycles. The number of aliphatic hydroxyl groups excluding tert-OH is 1. The number of nitrogens with one attached hydrogen (secondary N) is 1. The predicted octanol–water partition coefficient (Wildman–Crippen LogP) is 2.33. The number of ether oxygens (including phenoxy) is 1. The first-order valence-electron chi connectivity index (χ1n) is 6.00. The lowest BCUT2D eigenvalue weighted by molar-refractivity contribution is -0.274. The van der Waals surface area contributed by atoms with Crippen LogP contribution in [0, 0.1) is 5.92 Å². The van der Waals surface area contributed by atoms with Crippen molar-refractivity contribution in [3.63, 3.8) is 0 Å². The molecule has 0 heterocycles. The summed E-state index contributed by atoms with van der Waals surface area (Å²) in [6, 6.07) is 4.17. The third-order valence-electron chi connectivity index (χ3n) is 2.67. The van der Waals surface area contributed by atoms with Crippen LogP contribution in [0.3, 0.4) is 0 Å². The van der Waals surface area contributed by atoms with Crippen LogP contribution in [0.25, 0.3) is 0 Å². The van der Waals surface area contributed by atoms with Crippen LogP contribution < -0.4 is 10.1 Å². The summed E-state index contributed by atoms with van der Waals surface area (Å²) in [4.78, 5) is 11.8. The molecule has 4 nitrogen and oxygen atoms in total. The molecule has 0 fully saturated rings. The fourth-order valence-corrected chi connectivity index (χ4v) is 1.48. The second-order valence-electron chi connectivity index (χ2n) is 4.58. The highest BCUT2D eigenvalue weighted by Crippen LogP contribution is 2.22. The van der Waals surface area contributed by atoms with Crippen LogP contribution in [0.2, 0.25) is 0 Å². The van der Waals surface area contributed by atoms with E-state index in [2.05, 4.69) is 10.1 Å². The van der Waals surface area contributed by atoms with Crippen LogP contribution in [0.4, 0.5) is 13.2 Å². The Morgan fingerprint density at radius 3 is 2.25 bits per heavy atom. The van der Waals surface area contributed by atoms with E-state index in [4.69, 9.17) is 5.11 Å². The molecule has 20 heavy (non-hydrogen) atoms. The van der Waals surface area contributed by atoms with Gasteiger partial charge in [0, 0.05) is 5.56 Å². The summed E-state index contributed by atoms with van der Waals surface area (Å²) in [7, 11) is 0. The van der Waals surface area contributed by atoms with E-state index < -0.39 is 24.1 Å². The highest BCUT2D eigenvalue weighted by molar-refractivity contribution is 5.94. The van der Waals surface area contributed by atoms with Crippen molar-refractivity contribution in [2.45, 2.75) is 26.3 Å². The Labute approximate surface area is 114 Å². The molecule has 0 spiro atoms. The van der Waals surface area contributed by atoms with Crippen LogP contribution in [0.15, 0.2) is 24.3 Å². The molecule has 0 bridgehead atoms. The molecule has 2 N–H and O–H groups in total. The maximum atomic E-state index is 12.0. The number of amides is 1. The third-order valence-corrected chi connectivity index (χ3v) is 2.67. The van der Waals surface area contributed by atoms with E-state index in [-0.39, 0.29) is 18.1 Å². The zero-order valence-corrected chi connectivity index (χ0v) is 11.1. The molecule has 0 unspecified atom stereocenters. The fraction of sp³-hybridized carbons (Fsp3) is 0.462. The average Bonchev–Trinajstić information content (AvgIpc) is 2.34. The Hall–Kier alpha value is -1.76. The predicted molar refractivity (Wildman–Crippen MR) is 66.3 cm³/mol. The second kappa shape index (κ2) is 6.60. The van der Waals surface area contributed by atoms with Crippen molar-refractivity contribution >= 4 is 5.91 Å². The summed E-state index contributed by atoms with van der Waals surface area (Å²) >= 11 is 0.